The highest BCUT2D eigenvalue weighted by Crippen LogP contribution is 2.46. The predicted molar refractivity (Wildman–Crippen MR) is 103 cm³/mol. The minimum atomic E-state index is -0.316. The van der Waals surface area contributed by atoms with E-state index in [2.05, 4.69) is 16.0 Å². The number of nitrogens with two attached hydrogens (primary N) is 1. The van der Waals surface area contributed by atoms with Crippen LogP contribution in [-0.4, -0.2) is 15.1 Å². The highest BCUT2D eigenvalue weighted by molar-refractivity contribution is 6.31. The van der Waals surface area contributed by atoms with E-state index in [0.717, 1.165) is 39.0 Å². The lowest BCUT2D eigenvalue weighted by atomic mass is 9.96. The number of aromatic hydroxyl groups is 1. The van der Waals surface area contributed by atoms with Gasteiger partial charge in [-0.15, -0.1) is 0 Å². The summed E-state index contributed by atoms with van der Waals surface area (Å²) in [5.74, 6) is 6.74. The van der Waals surface area contributed by atoms with Crippen LogP contribution in [0.4, 0.5) is 5.69 Å². The van der Waals surface area contributed by atoms with Gasteiger partial charge in [0.15, 0.2) is 0 Å². The van der Waals surface area contributed by atoms with E-state index in [9.17, 15) is 5.11 Å². The molecule has 0 saturated heterocycles. The number of phenols is 1. The highest BCUT2D eigenvalue weighted by Gasteiger charge is 2.31. The van der Waals surface area contributed by atoms with Gasteiger partial charge >= 0.3 is 0 Å². The van der Waals surface area contributed by atoms with Gasteiger partial charge < -0.3 is 10.1 Å². The Balaban J connectivity index is 1.89. The molecule has 5 rings (SSSR count). The number of halogens is 1. The van der Waals surface area contributed by atoms with Gasteiger partial charge in [0.25, 0.3) is 0 Å². The van der Waals surface area contributed by atoms with Crippen molar-refractivity contribution in [1.29, 1.82) is 0 Å². The van der Waals surface area contributed by atoms with Gasteiger partial charge in [0.05, 0.1) is 11.7 Å². The van der Waals surface area contributed by atoms with Crippen molar-refractivity contribution < 1.29 is 5.11 Å². The number of hydrogen-bond acceptors (Lipinski definition) is 4. The Morgan fingerprint density at radius 1 is 1.08 bits per heavy atom. The molecule has 2 aromatic carbocycles. The minimum Gasteiger partial charge on any atom is -0.508 e. The molecular formula is C20H15ClN4O. The van der Waals surface area contributed by atoms with Crippen molar-refractivity contribution in [3.63, 3.8) is 0 Å². The molecule has 1 aliphatic heterocycles. The maximum atomic E-state index is 9.74. The average Bonchev–Trinajstić information content (AvgIpc) is 3.03. The van der Waals surface area contributed by atoms with Crippen molar-refractivity contribution >= 4 is 28.3 Å². The first-order valence-corrected chi connectivity index (χ1v) is 8.60. The second-order valence-electron chi connectivity index (χ2n) is 6.36. The normalized spacial score (nSPS) is 15.8. The Morgan fingerprint density at radius 3 is 2.77 bits per heavy atom. The molecule has 128 valence electrons. The molecule has 0 fully saturated rings. The zero-order valence-corrected chi connectivity index (χ0v) is 14.4. The number of hydrogen-bond donors (Lipinski definition) is 3. The maximum absolute atomic E-state index is 9.74. The van der Waals surface area contributed by atoms with Gasteiger partial charge in [-0.25, -0.2) is 10.8 Å². The lowest BCUT2D eigenvalue weighted by Crippen LogP contribution is -2.35. The summed E-state index contributed by atoms with van der Waals surface area (Å²) in [6, 6.07) is 14.7. The van der Waals surface area contributed by atoms with Crippen LogP contribution >= 0.6 is 11.6 Å². The molecule has 1 atom stereocenters. The average molecular weight is 363 g/mol. The van der Waals surface area contributed by atoms with Crippen molar-refractivity contribution in [3.8, 4) is 16.9 Å². The van der Waals surface area contributed by atoms with Gasteiger partial charge in [0.1, 0.15) is 11.4 Å². The van der Waals surface area contributed by atoms with E-state index in [-0.39, 0.29) is 11.8 Å². The maximum Gasteiger partial charge on any atom is 0.138 e. The summed E-state index contributed by atoms with van der Waals surface area (Å²) in [5.41, 5.74) is 5.65. The van der Waals surface area contributed by atoms with Gasteiger partial charge in [0.2, 0.25) is 0 Å². The number of pyridine rings is 1. The van der Waals surface area contributed by atoms with E-state index in [4.69, 9.17) is 17.4 Å². The molecule has 4 aromatic rings. The van der Waals surface area contributed by atoms with Crippen LogP contribution in [0.2, 0.25) is 5.02 Å². The van der Waals surface area contributed by atoms with Crippen LogP contribution in [0.3, 0.4) is 0 Å². The van der Waals surface area contributed by atoms with Crippen LogP contribution in [0, 0.1) is 0 Å². The van der Waals surface area contributed by atoms with Crippen LogP contribution in [0.25, 0.3) is 22.2 Å². The first-order valence-electron chi connectivity index (χ1n) is 8.23. The number of fused-ring (bicyclic) bond motifs is 2. The monoisotopic (exact) mass is 362 g/mol. The molecule has 2 aromatic heterocycles. The molecule has 0 radical (unpaired) electrons. The van der Waals surface area contributed by atoms with Gasteiger partial charge in [0, 0.05) is 33.9 Å². The van der Waals surface area contributed by atoms with Gasteiger partial charge in [-0.3, -0.25) is 5.01 Å². The SMILES string of the molecule is NN1c2ccccc2-c2ccnc3[nH]cc(c23)C1c1ccc(O)cc1Cl. The molecule has 0 saturated carbocycles. The number of aromatic amines is 1. The van der Waals surface area contributed by atoms with Crippen LogP contribution in [-0.2, 0) is 0 Å². The van der Waals surface area contributed by atoms with Crippen molar-refractivity contribution in [1.82, 2.24) is 9.97 Å². The third-order valence-corrected chi connectivity index (χ3v) is 5.26. The third kappa shape index (κ3) is 2.05. The summed E-state index contributed by atoms with van der Waals surface area (Å²) in [6.45, 7) is 0. The molecule has 0 amide bonds. The van der Waals surface area contributed by atoms with Crippen LogP contribution in [0.5, 0.6) is 5.75 Å². The first-order chi connectivity index (χ1) is 12.6. The number of nitrogens with zero attached hydrogens (tertiary/aromatic N) is 2. The van der Waals surface area contributed by atoms with Crippen molar-refractivity contribution in [2.45, 2.75) is 6.04 Å². The highest BCUT2D eigenvalue weighted by atomic mass is 35.5. The summed E-state index contributed by atoms with van der Waals surface area (Å²) in [5, 5.41) is 13.0. The summed E-state index contributed by atoms with van der Waals surface area (Å²) in [4.78, 5) is 7.70. The molecular weight excluding hydrogens is 348 g/mol. The van der Waals surface area contributed by atoms with Gasteiger partial charge in [-0.05, 0) is 35.4 Å². The lowest BCUT2D eigenvalue weighted by Gasteiger charge is -2.30. The molecule has 0 aliphatic carbocycles. The summed E-state index contributed by atoms with van der Waals surface area (Å²) >= 11 is 6.47. The molecule has 4 N–H and O–H groups in total. The number of benzene rings is 2. The molecule has 0 bridgehead atoms. The molecule has 1 unspecified atom stereocenters. The van der Waals surface area contributed by atoms with E-state index in [1.807, 2.05) is 36.5 Å². The Morgan fingerprint density at radius 2 is 1.92 bits per heavy atom. The number of rotatable bonds is 1. The number of hydrazine groups is 1. The Bertz CT molecular complexity index is 1150. The quantitative estimate of drug-likeness (QED) is 0.439. The topological polar surface area (TPSA) is 78.2 Å². The van der Waals surface area contributed by atoms with Crippen molar-refractivity contribution in [2.75, 3.05) is 5.01 Å². The summed E-state index contributed by atoms with van der Waals surface area (Å²) in [6.07, 6.45) is 3.73. The molecule has 26 heavy (non-hydrogen) atoms. The van der Waals surface area contributed by atoms with Crippen LogP contribution < -0.4 is 10.9 Å². The van der Waals surface area contributed by atoms with Gasteiger partial charge in [-0.2, -0.15) is 0 Å². The Kier molecular flexibility index (Phi) is 3.22. The van der Waals surface area contributed by atoms with Crippen LogP contribution in [0.15, 0.2) is 60.9 Å². The number of para-hydroxylation sites is 1. The smallest absolute Gasteiger partial charge is 0.138 e. The lowest BCUT2D eigenvalue weighted by molar-refractivity contribution is 0.475. The fraction of sp³-hybridized carbons (Fsp3) is 0.0500. The summed E-state index contributed by atoms with van der Waals surface area (Å²) < 4.78 is 0. The number of anilines is 1. The zero-order valence-electron chi connectivity index (χ0n) is 13.6. The Labute approximate surface area is 154 Å². The van der Waals surface area contributed by atoms with Crippen molar-refractivity contribution in [3.05, 3.63) is 77.1 Å². The predicted octanol–water partition coefficient (Wildman–Crippen LogP) is 4.37. The first kappa shape index (κ1) is 15.3. The van der Waals surface area contributed by atoms with E-state index < -0.39 is 0 Å². The fourth-order valence-electron chi connectivity index (χ4n) is 3.79. The number of H-pyrrole nitrogens is 1. The van der Waals surface area contributed by atoms with E-state index >= 15 is 0 Å². The van der Waals surface area contributed by atoms with E-state index in [0.29, 0.717) is 5.02 Å². The molecule has 5 nitrogen and oxygen atoms in total. The standard InChI is InChI=1S/C20H15ClN4O/c21-16-9-11(26)5-6-14(16)19-15-10-24-20-18(15)13(7-8-23-20)12-3-1-2-4-17(12)25(19)22/h1-10,19,26H,22H2,(H,23,24). The largest absolute Gasteiger partial charge is 0.508 e. The Hall–Kier alpha value is -3.02. The van der Waals surface area contributed by atoms with E-state index in [1.165, 1.54) is 6.07 Å². The minimum absolute atomic E-state index is 0.123. The number of aromatic nitrogens is 2. The molecule has 3 heterocycles. The molecule has 1 aliphatic rings. The zero-order chi connectivity index (χ0) is 17.8. The second kappa shape index (κ2) is 5.49. The third-order valence-electron chi connectivity index (χ3n) is 4.93. The van der Waals surface area contributed by atoms with E-state index in [1.54, 1.807) is 17.3 Å². The molecule has 0 spiro atoms. The van der Waals surface area contributed by atoms with Crippen molar-refractivity contribution in [2.24, 2.45) is 5.84 Å². The fourth-order valence-corrected chi connectivity index (χ4v) is 4.07. The molecule has 6 heteroatoms. The second-order valence-corrected chi connectivity index (χ2v) is 6.77. The van der Waals surface area contributed by atoms with Crippen LogP contribution in [0.1, 0.15) is 17.2 Å². The number of nitrogens with one attached hydrogen (secondary N) is 1. The summed E-state index contributed by atoms with van der Waals surface area (Å²) in [7, 11) is 0. The van der Waals surface area contributed by atoms with Gasteiger partial charge in [-0.1, -0.05) is 35.9 Å². The number of phenolic OH excluding ortho intramolecular Hbond substituents is 1.